The quantitative estimate of drug-likeness (QED) is 0.713. The van der Waals surface area contributed by atoms with E-state index in [2.05, 4.69) is 26.5 Å². The number of hydrogen-bond acceptors (Lipinski definition) is 2. The highest BCUT2D eigenvalue weighted by atomic mass is 15.2. The molecule has 4 rings (SSSR count). The van der Waals surface area contributed by atoms with Crippen LogP contribution in [0.2, 0.25) is 0 Å². The summed E-state index contributed by atoms with van der Waals surface area (Å²) in [4.78, 5) is 5.24. The Bertz CT molecular complexity index is 432. The fourth-order valence-corrected chi connectivity index (χ4v) is 4.14. The topological polar surface area (TPSA) is 9.49 Å². The van der Waals surface area contributed by atoms with Gasteiger partial charge in [0.2, 0.25) is 5.71 Å². The van der Waals surface area contributed by atoms with E-state index in [0.29, 0.717) is 0 Å². The Labute approximate surface area is 122 Å². The number of hydrogen-bond donors (Lipinski definition) is 0. The Balaban J connectivity index is 1.66. The summed E-state index contributed by atoms with van der Waals surface area (Å²) in [6, 6.07) is 0. The average Bonchev–Trinajstić information content (AvgIpc) is 3.23. The number of rotatable bonds is 2. The third-order valence-electron chi connectivity index (χ3n) is 5.20. The van der Waals surface area contributed by atoms with Crippen molar-refractivity contribution in [3.8, 4) is 0 Å². The molecule has 0 bridgehead atoms. The van der Waals surface area contributed by atoms with Gasteiger partial charge in [-0.25, -0.2) is 4.58 Å². The third-order valence-corrected chi connectivity index (χ3v) is 5.20. The first-order valence-corrected chi connectivity index (χ1v) is 8.48. The second-order valence-corrected chi connectivity index (χ2v) is 6.53. The van der Waals surface area contributed by atoms with Crippen molar-refractivity contribution < 1.29 is 4.58 Å². The molecular formula is C17H26N3+. The zero-order chi connectivity index (χ0) is 13.4. The van der Waals surface area contributed by atoms with Crippen molar-refractivity contribution in [2.75, 3.05) is 39.3 Å². The zero-order valence-corrected chi connectivity index (χ0v) is 12.5. The Morgan fingerprint density at radius 2 is 1.10 bits per heavy atom. The van der Waals surface area contributed by atoms with Gasteiger partial charge in [0, 0.05) is 39.0 Å². The molecule has 3 saturated heterocycles. The summed E-state index contributed by atoms with van der Waals surface area (Å²) < 4.78 is 2.65. The fourth-order valence-electron chi connectivity index (χ4n) is 4.14. The van der Waals surface area contributed by atoms with Crippen LogP contribution in [-0.2, 0) is 0 Å². The maximum Gasteiger partial charge on any atom is 0.247 e. The van der Waals surface area contributed by atoms with Gasteiger partial charge in [0.15, 0.2) is 0 Å². The van der Waals surface area contributed by atoms with Gasteiger partial charge in [-0.05, 0) is 37.8 Å². The van der Waals surface area contributed by atoms with E-state index in [4.69, 9.17) is 0 Å². The Morgan fingerprint density at radius 3 is 1.55 bits per heavy atom. The first kappa shape index (κ1) is 12.5. The molecule has 3 heteroatoms. The highest BCUT2D eigenvalue weighted by molar-refractivity contribution is 6.11. The van der Waals surface area contributed by atoms with E-state index in [1.807, 2.05) is 0 Å². The molecule has 4 aliphatic rings. The van der Waals surface area contributed by atoms with Gasteiger partial charge in [-0.3, -0.25) is 0 Å². The first-order chi connectivity index (χ1) is 9.93. The highest BCUT2D eigenvalue weighted by Gasteiger charge is 2.36. The zero-order valence-electron chi connectivity index (χ0n) is 12.5. The molecule has 3 aliphatic heterocycles. The molecule has 0 N–H and O–H groups in total. The second-order valence-electron chi connectivity index (χ2n) is 6.53. The van der Waals surface area contributed by atoms with Crippen LogP contribution in [0, 0.1) is 0 Å². The van der Waals surface area contributed by atoms with Crippen molar-refractivity contribution in [2.45, 2.75) is 38.5 Å². The maximum atomic E-state index is 2.65. The summed E-state index contributed by atoms with van der Waals surface area (Å²) in [5.41, 5.74) is 4.60. The lowest BCUT2D eigenvalue weighted by atomic mass is 10.2. The minimum atomic E-state index is 1.25. The molecule has 0 aromatic heterocycles. The number of nitrogens with zero attached hydrogens (tertiary/aromatic N) is 3. The van der Waals surface area contributed by atoms with Crippen molar-refractivity contribution in [3.05, 3.63) is 23.5 Å². The molecule has 1 aliphatic carbocycles. The van der Waals surface area contributed by atoms with Crippen LogP contribution >= 0.6 is 0 Å². The van der Waals surface area contributed by atoms with E-state index in [1.54, 1.807) is 5.71 Å². The van der Waals surface area contributed by atoms with Crippen LogP contribution in [0.25, 0.3) is 0 Å². The van der Waals surface area contributed by atoms with Gasteiger partial charge in [-0.15, -0.1) is 0 Å². The van der Waals surface area contributed by atoms with Crippen LogP contribution in [0.15, 0.2) is 23.5 Å². The predicted molar refractivity (Wildman–Crippen MR) is 82.0 cm³/mol. The summed E-state index contributed by atoms with van der Waals surface area (Å²) in [6.07, 6.45) is 13.0. The minimum absolute atomic E-state index is 1.25. The van der Waals surface area contributed by atoms with Crippen LogP contribution in [0.5, 0.6) is 0 Å². The summed E-state index contributed by atoms with van der Waals surface area (Å²) >= 11 is 0. The molecule has 0 aromatic carbocycles. The molecule has 0 saturated carbocycles. The van der Waals surface area contributed by atoms with E-state index >= 15 is 0 Å². The molecule has 0 radical (unpaired) electrons. The molecule has 0 atom stereocenters. The smallest absolute Gasteiger partial charge is 0.247 e. The van der Waals surface area contributed by atoms with E-state index in [9.17, 15) is 0 Å². The second kappa shape index (κ2) is 5.27. The molecule has 0 amide bonds. The van der Waals surface area contributed by atoms with Crippen molar-refractivity contribution in [1.82, 2.24) is 9.80 Å². The molecule has 3 fully saturated rings. The average molecular weight is 272 g/mol. The van der Waals surface area contributed by atoms with Crippen molar-refractivity contribution >= 4 is 5.71 Å². The van der Waals surface area contributed by atoms with Gasteiger partial charge in [0.05, 0.1) is 0 Å². The summed E-state index contributed by atoms with van der Waals surface area (Å²) in [5, 5.41) is 0. The Kier molecular flexibility index (Phi) is 3.29. The van der Waals surface area contributed by atoms with E-state index in [1.165, 1.54) is 89.2 Å². The summed E-state index contributed by atoms with van der Waals surface area (Å²) in [6.45, 7) is 7.53. The van der Waals surface area contributed by atoms with E-state index in [-0.39, 0.29) is 0 Å². The SMILES string of the molecule is C1=C(N2CCCC2)C(=[N+]2CCCC2)C(N2CCCC2)=C1. The standard InChI is InChI=1S/C17H26N3/c1-2-10-18(9-1)15-7-8-16(19-11-3-4-12-19)17(15)20-13-5-6-14-20/h7-8H,1-6,9-14H2/q+1. The van der Waals surface area contributed by atoms with Gasteiger partial charge in [-0.1, -0.05) is 0 Å². The van der Waals surface area contributed by atoms with E-state index < -0.39 is 0 Å². The fraction of sp³-hybridized carbons (Fsp3) is 0.706. The number of allylic oxidation sites excluding steroid dienone is 2. The molecule has 3 nitrogen and oxygen atoms in total. The molecule has 0 aromatic rings. The molecule has 0 unspecified atom stereocenters. The van der Waals surface area contributed by atoms with Gasteiger partial charge in [0.25, 0.3) is 0 Å². The van der Waals surface area contributed by atoms with Gasteiger partial charge in [0.1, 0.15) is 24.5 Å². The lowest BCUT2D eigenvalue weighted by Gasteiger charge is -2.23. The lowest BCUT2D eigenvalue weighted by molar-refractivity contribution is -0.505. The van der Waals surface area contributed by atoms with Crippen molar-refractivity contribution in [3.63, 3.8) is 0 Å². The summed E-state index contributed by atoms with van der Waals surface area (Å²) in [5.74, 6) is 0. The van der Waals surface area contributed by atoms with Gasteiger partial charge < -0.3 is 9.80 Å². The van der Waals surface area contributed by atoms with Gasteiger partial charge >= 0.3 is 0 Å². The van der Waals surface area contributed by atoms with Crippen molar-refractivity contribution in [1.29, 1.82) is 0 Å². The van der Waals surface area contributed by atoms with Crippen molar-refractivity contribution in [2.24, 2.45) is 0 Å². The molecule has 0 spiro atoms. The molecule has 108 valence electrons. The normalized spacial score (nSPS) is 26.8. The molecule has 20 heavy (non-hydrogen) atoms. The number of likely N-dealkylation sites (tertiary alicyclic amines) is 2. The van der Waals surface area contributed by atoms with Crippen LogP contribution in [0.1, 0.15) is 38.5 Å². The van der Waals surface area contributed by atoms with Crippen LogP contribution in [0.3, 0.4) is 0 Å². The Morgan fingerprint density at radius 1 is 0.650 bits per heavy atom. The largest absolute Gasteiger partial charge is 0.366 e. The highest BCUT2D eigenvalue weighted by Crippen LogP contribution is 2.29. The summed E-state index contributed by atoms with van der Waals surface area (Å²) in [7, 11) is 0. The lowest BCUT2D eigenvalue weighted by Crippen LogP contribution is -2.35. The predicted octanol–water partition coefficient (Wildman–Crippen LogP) is 2.21. The third kappa shape index (κ3) is 2.07. The van der Waals surface area contributed by atoms with E-state index in [0.717, 1.165) is 0 Å². The first-order valence-electron chi connectivity index (χ1n) is 8.48. The van der Waals surface area contributed by atoms with Crippen LogP contribution in [0.4, 0.5) is 0 Å². The van der Waals surface area contributed by atoms with Crippen LogP contribution in [-0.4, -0.2) is 59.4 Å². The van der Waals surface area contributed by atoms with Gasteiger partial charge in [-0.2, -0.15) is 0 Å². The molecular weight excluding hydrogens is 246 g/mol. The Hall–Kier alpha value is -1.25. The minimum Gasteiger partial charge on any atom is -0.366 e. The van der Waals surface area contributed by atoms with Crippen LogP contribution < -0.4 is 0 Å². The molecule has 3 heterocycles. The maximum absolute atomic E-state index is 2.65. The monoisotopic (exact) mass is 272 g/mol.